The van der Waals surface area contributed by atoms with E-state index in [4.69, 9.17) is 0 Å². The molecule has 0 aromatic rings. The van der Waals surface area contributed by atoms with Crippen LogP contribution in [0.25, 0.3) is 0 Å². The lowest BCUT2D eigenvalue weighted by atomic mass is 9.92. The first-order chi connectivity index (χ1) is 5.72. The molecule has 0 amide bonds. The number of rotatable bonds is 3. The van der Waals surface area contributed by atoms with E-state index in [0.29, 0.717) is 6.04 Å². The Labute approximate surface area is 76.3 Å². The number of piperidine rings is 1. The zero-order valence-electron chi connectivity index (χ0n) is 8.64. The predicted octanol–water partition coefficient (Wildman–Crippen LogP) is 1.33. The highest BCUT2D eigenvalue weighted by atomic mass is 15.1. The van der Waals surface area contributed by atoms with Gasteiger partial charge in [0, 0.05) is 12.6 Å². The second-order valence-electron chi connectivity index (χ2n) is 4.20. The third kappa shape index (κ3) is 3.11. The molecular weight excluding hydrogens is 148 g/mol. The van der Waals surface area contributed by atoms with Gasteiger partial charge in [0.25, 0.3) is 0 Å². The van der Waals surface area contributed by atoms with Crippen LogP contribution < -0.4 is 5.32 Å². The molecular formula is C10H22N2. The minimum absolute atomic E-state index is 0.682. The molecule has 2 unspecified atom stereocenters. The molecule has 1 heterocycles. The molecule has 1 fully saturated rings. The van der Waals surface area contributed by atoms with Gasteiger partial charge in [-0.15, -0.1) is 0 Å². The van der Waals surface area contributed by atoms with Gasteiger partial charge in [0.15, 0.2) is 0 Å². The van der Waals surface area contributed by atoms with Crippen molar-refractivity contribution < 1.29 is 0 Å². The fourth-order valence-electron chi connectivity index (χ4n) is 2.08. The zero-order valence-corrected chi connectivity index (χ0v) is 8.64. The van der Waals surface area contributed by atoms with Crippen molar-refractivity contribution in [2.24, 2.45) is 5.92 Å². The molecule has 2 heteroatoms. The molecule has 1 aliphatic heterocycles. The van der Waals surface area contributed by atoms with Gasteiger partial charge in [-0.2, -0.15) is 0 Å². The summed E-state index contributed by atoms with van der Waals surface area (Å²) in [6, 6.07) is 0.682. The van der Waals surface area contributed by atoms with E-state index >= 15 is 0 Å². The Morgan fingerprint density at radius 1 is 1.58 bits per heavy atom. The molecule has 1 N–H and O–H groups in total. The Morgan fingerprint density at radius 3 is 2.92 bits per heavy atom. The van der Waals surface area contributed by atoms with Gasteiger partial charge in [-0.05, 0) is 52.7 Å². The van der Waals surface area contributed by atoms with E-state index in [1.807, 2.05) is 0 Å². The molecule has 0 spiro atoms. The minimum atomic E-state index is 0.682. The summed E-state index contributed by atoms with van der Waals surface area (Å²) in [5, 5.41) is 3.31. The fourth-order valence-corrected chi connectivity index (χ4v) is 2.08. The van der Waals surface area contributed by atoms with E-state index in [0.717, 1.165) is 5.92 Å². The van der Waals surface area contributed by atoms with Crippen LogP contribution in [0, 0.1) is 5.92 Å². The van der Waals surface area contributed by atoms with Crippen LogP contribution in [0.2, 0.25) is 0 Å². The van der Waals surface area contributed by atoms with Crippen molar-refractivity contribution in [2.45, 2.75) is 32.2 Å². The third-order valence-corrected chi connectivity index (χ3v) is 2.90. The number of likely N-dealkylation sites (tertiary alicyclic amines) is 1. The first-order valence-electron chi connectivity index (χ1n) is 5.08. The lowest BCUT2D eigenvalue weighted by Gasteiger charge is -2.31. The van der Waals surface area contributed by atoms with Crippen LogP contribution in [0.3, 0.4) is 0 Å². The zero-order chi connectivity index (χ0) is 8.97. The van der Waals surface area contributed by atoms with Crippen molar-refractivity contribution in [1.29, 1.82) is 0 Å². The quantitative estimate of drug-likeness (QED) is 0.687. The van der Waals surface area contributed by atoms with E-state index in [1.165, 1.54) is 32.4 Å². The lowest BCUT2D eigenvalue weighted by molar-refractivity contribution is 0.193. The maximum Gasteiger partial charge on any atom is 0.00388 e. The van der Waals surface area contributed by atoms with E-state index in [1.54, 1.807) is 0 Å². The third-order valence-electron chi connectivity index (χ3n) is 2.90. The molecule has 0 saturated carbocycles. The molecule has 0 radical (unpaired) electrons. The molecule has 72 valence electrons. The Balaban J connectivity index is 2.22. The molecule has 0 aromatic carbocycles. The Morgan fingerprint density at radius 2 is 2.33 bits per heavy atom. The van der Waals surface area contributed by atoms with Crippen molar-refractivity contribution in [3.63, 3.8) is 0 Å². The molecule has 1 aliphatic rings. The van der Waals surface area contributed by atoms with Gasteiger partial charge >= 0.3 is 0 Å². The topological polar surface area (TPSA) is 15.3 Å². The van der Waals surface area contributed by atoms with Gasteiger partial charge in [-0.1, -0.05) is 0 Å². The van der Waals surface area contributed by atoms with Crippen molar-refractivity contribution in [1.82, 2.24) is 10.2 Å². The summed E-state index contributed by atoms with van der Waals surface area (Å²) in [6.45, 7) is 4.87. The fraction of sp³-hybridized carbons (Fsp3) is 1.00. The van der Waals surface area contributed by atoms with E-state index in [9.17, 15) is 0 Å². The van der Waals surface area contributed by atoms with Crippen LogP contribution in [0.5, 0.6) is 0 Å². The largest absolute Gasteiger partial charge is 0.317 e. The second kappa shape index (κ2) is 4.83. The SMILES string of the molecule is CNC(C)CC1CCCN(C)C1. The normalized spacial score (nSPS) is 28.8. The van der Waals surface area contributed by atoms with E-state index in [2.05, 4.69) is 31.2 Å². The van der Waals surface area contributed by atoms with E-state index in [-0.39, 0.29) is 0 Å². The number of nitrogens with one attached hydrogen (secondary N) is 1. The van der Waals surface area contributed by atoms with Crippen molar-refractivity contribution >= 4 is 0 Å². The lowest BCUT2D eigenvalue weighted by Crippen LogP contribution is -2.35. The minimum Gasteiger partial charge on any atom is -0.317 e. The van der Waals surface area contributed by atoms with Gasteiger partial charge in [0.2, 0.25) is 0 Å². The monoisotopic (exact) mass is 170 g/mol. The molecule has 0 aromatic heterocycles. The highest BCUT2D eigenvalue weighted by molar-refractivity contribution is 4.74. The number of hydrogen-bond donors (Lipinski definition) is 1. The Hall–Kier alpha value is -0.0800. The average molecular weight is 170 g/mol. The Kier molecular flexibility index (Phi) is 4.02. The van der Waals surface area contributed by atoms with Gasteiger partial charge < -0.3 is 10.2 Å². The van der Waals surface area contributed by atoms with Crippen molar-refractivity contribution in [3.8, 4) is 0 Å². The van der Waals surface area contributed by atoms with Crippen LogP contribution >= 0.6 is 0 Å². The maximum absolute atomic E-state index is 3.31. The summed E-state index contributed by atoms with van der Waals surface area (Å²) < 4.78 is 0. The maximum atomic E-state index is 3.31. The first-order valence-corrected chi connectivity index (χ1v) is 5.08. The number of nitrogens with zero attached hydrogens (tertiary/aromatic N) is 1. The Bertz CT molecular complexity index is 125. The van der Waals surface area contributed by atoms with Crippen LogP contribution in [-0.2, 0) is 0 Å². The van der Waals surface area contributed by atoms with Crippen LogP contribution in [0.1, 0.15) is 26.2 Å². The molecule has 1 saturated heterocycles. The van der Waals surface area contributed by atoms with Crippen LogP contribution in [-0.4, -0.2) is 38.1 Å². The highest BCUT2D eigenvalue weighted by Crippen LogP contribution is 2.19. The van der Waals surface area contributed by atoms with Crippen molar-refractivity contribution in [2.75, 3.05) is 27.2 Å². The summed E-state index contributed by atoms with van der Waals surface area (Å²) in [5.41, 5.74) is 0. The van der Waals surface area contributed by atoms with Crippen LogP contribution in [0.4, 0.5) is 0 Å². The van der Waals surface area contributed by atoms with Gasteiger partial charge in [0.1, 0.15) is 0 Å². The number of hydrogen-bond acceptors (Lipinski definition) is 2. The second-order valence-corrected chi connectivity index (χ2v) is 4.20. The summed E-state index contributed by atoms with van der Waals surface area (Å²) in [6.07, 6.45) is 4.15. The van der Waals surface area contributed by atoms with Gasteiger partial charge in [-0.25, -0.2) is 0 Å². The van der Waals surface area contributed by atoms with Gasteiger partial charge in [0.05, 0.1) is 0 Å². The standard InChI is InChI=1S/C10H22N2/c1-9(11-2)7-10-5-4-6-12(3)8-10/h9-11H,4-8H2,1-3H3. The van der Waals surface area contributed by atoms with Gasteiger partial charge in [-0.3, -0.25) is 0 Å². The summed E-state index contributed by atoms with van der Waals surface area (Å²) in [5.74, 6) is 0.922. The molecule has 0 bridgehead atoms. The summed E-state index contributed by atoms with van der Waals surface area (Å²) in [7, 11) is 4.29. The molecule has 12 heavy (non-hydrogen) atoms. The molecule has 2 nitrogen and oxygen atoms in total. The highest BCUT2D eigenvalue weighted by Gasteiger charge is 2.18. The van der Waals surface area contributed by atoms with Crippen LogP contribution in [0.15, 0.2) is 0 Å². The smallest absolute Gasteiger partial charge is 0.00388 e. The molecule has 2 atom stereocenters. The summed E-state index contributed by atoms with van der Waals surface area (Å²) in [4.78, 5) is 2.45. The summed E-state index contributed by atoms with van der Waals surface area (Å²) >= 11 is 0. The molecule has 1 rings (SSSR count). The average Bonchev–Trinajstić information content (AvgIpc) is 2.04. The predicted molar refractivity (Wildman–Crippen MR) is 53.4 cm³/mol. The van der Waals surface area contributed by atoms with Crippen molar-refractivity contribution in [3.05, 3.63) is 0 Å². The van der Waals surface area contributed by atoms with E-state index < -0.39 is 0 Å². The molecule has 0 aliphatic carbocycles. The first kappa shape index (κ1) is 10.0.